The number of hydrogen-bond donors (Lipinski definition) is 3. The fourth-order valence-corrected chi connectivity index (χ4v) is 0.768. The van der Waals surface area contributed by atoms with E-state index in [2.05, 4.69) is 9.61 Å². The Morgan fingerprint density at radius 2 is 2.33 bits per heavy atom. The van der Waals surface area contributed by atoms with E-state index in [4.69, 9.17) is 10.00 Å². The van der Waals surface area contributed by atoms with Crippen LogP contribution in [0.5, 0.6) is 0 Å². The van der Waals surface area contributed by atoms with Crippen molar-refractivity contribution in [3.63, 3.8) is 0 Å². The lowest BCUT2D eigenvalue weighted by Crippen LogP contribution is -2.15. The first-order valence-corrected chi connectivity index (χ1v) is 3.94. The van der Waals surface area contributed by atoms with Gasteiger partial charge in [0.1, 0.15) is 0 Å². The lowest BCUT2D eigenvalue weighted by molar-refractivity contribution is 0.274. The lowest BCUT2D eigenvalue weighted by Gasteiger charge is -2.07. The average molecular weight is 155 g/mol. The van der Waals surface area contributed by atoms with Crippen LogP contribution in [-0.4, -0.2) is 30.3 Å². The van der Waals surface area contributed by atoms with E-state index in [9.17, 15) is 4.57 Å². The maximum absolute atomic E-state index is 10.5. The minimum absolute atomic E-state index is 0.0572. The number of rotatable bonds is 4. The summed E-state index contributed by atoms with van der Waals surface area (Å²) in [5, 5.41) is 10.3. The van der Waals surface area contributed by atoms with E-state index in [0.29, 0.717) is 0 Å². The van der Waals surface area contributed by atoms with Crippen LogP contribution in [0.3, 0.4) is 0 Å². The highest BCUT2D eigenvalue weighted by Crippen LogP contribution is 2.34. The maximum atomic E-state index is 10.5. The molecule has 0 rings (SSSR count). The highest BCUT2D eigenvalue weighted by molar-refractivity contribution is 7.50. The van der Waals surface area contributed by atoms with Crippen LogP contribution in [-0.2, 0) is 9.09 Å². The molecule has 1 atom stereocenters. The van der Waals surface area contributed by atoms with Gasteiger partial charge in [0.2, 0.25) is 0 Å². The Kier molecular flexibility index (Phi) is 4.01. The van der Waals surface area contributed by atoms with Gasteiger partial charge in [0.15, 0.2) is 0 Å². The zero-order valence-corrected chi connectivity index (χ0v) is 5.97. The van der Waals surface area contributed by atoms with Crippen molar-refractivity contribution in [2.24, 2.45) is 0 Å². The number of aliphatic hydroxyl groups is 1. The third kappa shape index (κ3) is 4.57. The molecule has 0 fully saturated rings. The van der Waals surface area contributed by atoms with Crippen LogP contribution in [0.2, 0.25) is 0 Å². The van der Waals surface area contributed by atoms with E-state index in [1.807, 2.05) is 0 Å². The molecule has 0 aliphatic rings. The number of aliphatic hydroxyl groups excluding tert-OH is 1. The van der Waals surface area contributed by atoms with Crippen molar-refractivity contribution in [1.29, 1.82) is 0 Å². The maximum Gasteiger partial charge on any atom is 0.402 e. The van der Waals surface area contributed by atoms with Crippen molar-refractivity contribution in [2.45, 2.75) is 0 Å². The van der Waals surface area contributed by atoms with Crippen LogP contribution < -0.4 is 5.09 Å². The summed E-state index contributed by atoms with van der Waals surface area (Å²) < 4.78 is 14.6. The average Bonchev–Trinajstić information content (AvgIpc) is 1.84. The van der Waals surface area contributed by atoms with Crippen LogP contribution in [0.4, 0.5) is 0 Å². The Balaban J connectivity index is 3.46. The molecular weight excluding hydrogens is 145 g/mol. The van der Waals surface area contributed by atoms with Gasteiger partial charge in [-0.3, -0.25) is 0 Å². The summed E-state index contributed by atoms with van der Waals surface area (Å²) in [6.07, 6.45) is 0. The largest absolute Gasteiger partial charge is 0.402 e. The minimum atomic E-state index is -3.60. The van der Waals surface area contributed by atoms with Crippen molar-refractivity contribution in [3.8, 4) is 0 Å². The molecule has 0 aromatic heterocycles. The van der Waals surface area contributed by atoms with Crippen molar-refractivity contribution in [3.05, 3.63) is 0 Å². The van der Waals surface area contributed by atoms with Crippen LogP contribution in [0.25, 0.3) is 0 Å². The number of hydrogen-bond acceptors (Lipinski definition) is 3. The van der Waals surface area contributed by atoms with Gasteiger partial charge in [-0.2, -0.15) is 0 Å². The molecule has 0 aromatic rings. The van der Waals surface area contributed by atoms with Gasteiger partial charge >= 0.3 is 7.75 Å². The molecule has 0 heterocycles. The molecule has 0 radical (unpaired) electrons. The number of nitrogens with one attached hydrogen (secondary N) is 1. The Morgan fingerprint density at radius 1 is 1.78 bits per heavy atom. The third-order valence-electron chi connectivity index (χ3n) is 0.671. The van der Waals surface area contributed by atoms with Gasteiger partial charge in [0.05, 0.1) is 6.61 Å². The highest BCUT2D eigenvalue weighted by Gasteiger charge is 2.13. The topological polar surface area (TPSA) is 78.8 Å². The van der Waals surface area contributed by atoms with Crippen LogP contribution in [0, 0.1) is 0 Å². The Bertz CT molecular complexity index is 116. The van der Waals surface area contributed by atoms with E-state index < -0.39 is 7.75 Å². The van der Waals surface area contributed by atoms with Crippen LogP contribution in [0.1, 0.15) is 0 Å². The first-order valence-electron chi connectivity index (χ1n) is 2.37. The van der Waals surface area contributed by atoms with E-state index in [1.165, 1.54) is 0 Å². The van der Waals surface area contributed by atoms with Crippen molar-refractivity contribution < 1.29 is 19.1 Å². The Labute approximate surface area is 53.2 Å². The molecular formula is C3H10NO4P. The molecule has 0 spiro atoms. The van der Waals surface area contributed by atoms with E-state index in [0.717, 1.165) is 7.11 Å². The van der Waals surface area contributed by atoms with Crippen molar-refractivity contribution in [1.82, 2.24) is 5.09 Å². The fraction of sp³-hybridized carbons (Fsp3) is 1.00. The predicted octanol–water partition coefficient (Wildman–Crippen LogP) is -0.685. The normalized spacial score (nSPS) is 17.2. The molecule has 6 heteroatoms. The van der Waals surface area contributed by atoms with Gasteiger partial charge in [0.25, 0.3) is 0 Å². The van der Waals surface area contributed by atoms with Crippen LogP contribution in [0.15, 0.2) is 0 Å². The summed E-state index contributed by atoms with van der Waals surface area (Å²) in [6.45, 7) is -0.129. The quantitative estimate of drug-likeness (QED) is 0.468. The van der Waals surface area contributed by atoms with E-state index in [1.54, 1.807) is 0 Å². The van der Waals surface area contributed by atoms with Gasteiger partial charge in [-0.1, -0.05) is 0 Å². The molecule has 0 aliphatic carbocycles. The Morgan fingerprint density at radius 3 is 2.67 bits per heavy atom. The molecule has 0 bridgehead atoms. The molecule has 0 saturated heterocycles. The van der Waals surface area contributed by atoms with E-state index >= 15 is 0 Å². The Hall–Kier alpha value is 0.0700. The SMILES string of the molecule is COP(=O)(O)NCCO. The molecule has 0 amide bonds. The first-order chi connectivity index (χ1) is 4.12. The summed E-state index contributed by atoms with van der Waals surface area (Å²) in [4.78, 5) is 8.57. The van der Waals surface area contributed by atoms with Gasteiger partial charge in [-0.15, -0.1) is 0 Å². The second-order valence-electron chi connectivity index (χ2n) is 1.33. The first kappa shape index (κ1) is 9.07. The molecule has 56 valence electrons. The molecule has 0 saturated carbocycles. The second kappa shape index (κ2) is 3.98. The van der Waals surface area contributed by atoms with Gasteiger partial charge in [-0.05, 0) is 0 Å². The molecule has 1 unspecified atom stereocenters. The summed E-state index contributed by atoms with van der Waals surface area (Å²) in [5.74, 6) is 0. The highest BCUT2D eigenvalue weighted by atomic mass is 31.2. The van der Waals surface area contributed by atoms with E-state index in [-0.39, 0.29) is 13.2 Å². The zero-order valence-electron chi connectivity index (χ0n) is 5.07. The van der Waals surface area contributed by atoms with Gasteiger partial charge in [-0.25, -0.2) is 9.65 Å². The standard InChI is InChI=1S/C3H10NO4P/c1-8-9(6,7)4-2-3-5/h5H,2-3H2,1H3,(H2,4,6,7). The third-order valence-corrected chi connectivity index (χ3v) is 1.79. The second-order valence-corrected chi connectivity index (χ2v) is 3.06. The monoisotopic (exact) mass is 155 g/mol. The predicted molar refractivity (Wildman–Crippen MR) is 31.9 cm³/mol. The summed E-state index contributed by atoms with van der Waals surface area (Å²) in [7, 11) is -2.48. The minimum Gasteiger partial charge on any atom is -0.395 e. The molecule has 0 aromatic carbocycles. The lowest BCUT2D eigenvalue weighted by atomic mass is 10.8. The summed E-state index contributed by atoms with van der Waals surface area (Å²) in [6, 6.07) is 0. The smallest absolute Gasteiger partial charge is 0.395 e. The van der Waals surface area contributed by atoms with Gasteiger partial charge < -0.3 is 14.5 Å². The van der Waals surface area contributed by atoms with Crippen molar-refractivity contribution >= 4 is 7.75 Å². The van der Waals surface area contributed by atoms with Crippen LogP contribution >= 0.6 is 7.75 Å². The zero-order chi connectivity index (χ0) is 7.33. The molecule has 5 nitrogen and oxygen atoms in total. The molecule has 3 N–H and O–H groups in total. The molecule has 9 heavy (non-hydrogen) atoms. The molecule has 0 aliphatic heterocycles. The fourth-order valence-electron chi connectivity index (χ4n) is 0.256. The summed E-state index contributed by atoms with van der Waals surface area (Å²) >= 11 is 0. The van der Waals surface area contributed by atoms with Crippen molar-refractivity contribution in [2.75, 3.05) is 20.3 Å². The van der Waals surface area contributed by atoms with Gasteiger partial charge in [0, 0.05) is 13.7 Å². The summed E-state index contributed by atoms with van der Waals surface area (Å²) in [5.41, 5.74) is 0.